The molecule has 1 unspecified atom stereocenters. The minimum Gasteiger partial charge on any atom is -0.496 e. The number of aryl methyl sites for hydroxylation is 1. The molecular formula is C14H14Br2FNOS. The molecule has 2 aromatic rings. The van der Waals surface area contributed by atoms with Gasteiger partial charge in [-0.3, -0.25) is 0 Å². The highest BCUT2D eigenvalue weighted by atomic mass is 79.9. The van der Waals surface area contributed by atoms with Crippen molar-refractivity contribution in [2.45, 2.75) is 13.0 Å². The van der Waals surface area contributed by atoms with Gasteiger partial charge in [0.1, 0.15) is 11.6 Å². The van der Waals surface area contributed by atoms with Crippen LogP contribution in [0, 0.1) is 12.7 Å². The molecule has 0 spiro atoms. The van der Waals surface area contributed by atoms with Crippen LogP contribution in [0.3, 0.4) is 0 Å². The molecule has 1 aromatic heterocycles. The van der Waals surface area contributed by atoms with E-state index in [-0.39, 0.29) is 11.9 Å². The Labute approximate surface area is 138 Å². The van der Waals surface area contributed by atoms with Gasteiger partial charge in [-0.1, -0.05) is 0 Å². The first-order chi connectivity index (χ1) is 9.47. The minimum absolute atomic E-state index is 0.0446. The van der Waals surface area contributed by atoms with E-state index in [9.17, 15) is 4.39 Å². The number of nitrogens with one attached hydrogen (secondary N) is 1. The number of benzene rings is 1. The van der Waals surface area contributed by atoms with Gasteiger partial charge in [0.25, 0.3) is 0 Å². The number of ether oxygens (including phenoxy) is 1. The van der Waals surface area contributed by atoms with Crippen molar-refractivity contribution in [3.63, 3.8) is 0 Å². The normalized spacial score (nSPS) is 12.5. The molecule has 0 fully saturated rings. The molecule has 2 rings (SSSR count). The number of thiophene rings is 1. The topological polar surface area (TPSA) is 21.3 Å². The summed E-state index contributed by atoms with van der Waals surface area (Å²) in [5.41, 5.74) is 2.09. The molecule has 1 atom stereocenters. The van der Waals surface area contributed by atoms with Crippen molar-refractivity contribution in [3.05, 3.63) is 48.3 Å². The first-order valence-electron chi connectivity index (χ1n) is 5.94. The van der Waals surface area contributed by atoms with Crippen LogP contribution in [0.2, 0.25) is 0 Å². The minimum atomic E-state index is -0.330. The van der Waals surface area contributed by atoms with Gasteiger partial charge in [-0.15, -0.1) is 11.3 Å². The lowest BCUT2D eigenvalue weighted by Crippen LogP contribution is -2.17. The number of rotatable bonds is 4. The molecule has 0 aliphatic heterocycles. The molecule has 1 heterocycles. The predicted octanol–water partition coefficient (Wildman–Crippen LogP) is 5.04. The van der Waals surface area contributed by atoms with Gasteiger partial charge in [0.2, 0.25) is 0 Å². The van der Waals surface area contributed by atoms with E-state index in [0.29, 0.717) is 10.2 Å². The number of hydrogen-bond acceptors (Lipinski definition) is 3. The van der Waals surface area contributed by atoms with E-state index in [0.717, 1.165) is 14.2 Å². The van der Waals surface area contributed by atoms with Crippen molar-refractivity contribution >= 4 is 43.2 Å². The zero-order valence-electron chi connectivity index (χ0n) is 11.3. The molecule has 0 saturated carbocycles. The van der Waals surface area contributed by atoms with Crippen molar-refractivity contribution in [2.24, 2.45) is 0 Å². The average Bonchev–Trinajstić information content (AvgIpc) is 2.74. The smallest absolute Gasteiger partial charge is 0.141 e. The molecule has 0 aliphatic rings. The summed E-state index contributed by atoms with van der Waals surface area (Å²) >= 11 is 8.43. The molecule has 2 nitrogen and oxygen atoms in total. The maximum atomic E-state index is 13.6. The molecule has 0 saturated heterocycles. The van der Waals surface area contributed by atoms with Crippen molar-refractivity contribution in [1.29, 1.82) is 0 Å². The Hall–Kier alpha value is -0.430. The van der Waals surface area contributed by atoms with Crippen molar-refractivity contribution in [2.75, 3.05) is 14.2 Å². The number of hydrogen-bond donors (Lipinski definition) is 1. The Bertz CT molecular complexity index is 610. The van der Waals surface area contributed by atoms with E-state index in [1.165, 1.54) is 11.6 Å². The Kier molecular flexibility index (Phi) is 5.23. The molecule has 20 heavy (non-hydrogen) atoms. The van der Waals surface area contributed by atoms with Gasteiger partial charge >= 0.3 is 0 Å². The predicted molar refractivity (Wildman–Crippen MR) is 88.3 cm³/mol. The molecule has 1 N–H and O–H groups in total. The van der Waals surface area contributed by atoms with Crippen LogP contribution in [0.5, 0.6) is 5.75 Å². The Morgan fingerprint density at radius 3 is 2.50 bits per heavy atom. The van der Waals surface area contributed by atoms with E-state index in [1.807, 2.05) is 7.05 Å². The van der Waals surface area contributed by atoms with Crippen LogP contribution in [0.25, 0.3) is 0 Å². The third-order valence-electron chi connectivity index (χ3n) is 3.03. The molecule has 6 heteroatoms. The number of methoxy groups -OCH3 is 1. The molecule has 0 bridgehead atoms. The van der Waals surface area contributed by atoms with Crippen LogP contribution in [0.15, 0.2) is 26.5 Å². The molecule has 108 valence electrons. The first-order valence-corrected chi connectivity index (χ1v) is 8.34. The summed E-state index contributed by atoms with van der Waals surface area (Å²) in [6.07, 6.45) is 0. The second kappa shape index (κ2) is 6.56. The molecule has 0 aliphatic carbocycles. The summed E-state index contributed by atoms with van der Waals surface area (Å²) in [4.78, 5) is 1.15. The van der Waals surface area contributed by atoms with Crippen molar-refractivity contribution < 1.29 is 9.13 Å². The van der Waals surface area contributed by atoms with Gasteiger partial charge in [0, 0.05) is 16.5 Å². The maximum absolute atomic E-state index is 13.6. The van der Waals surface area contributed by atoms with Crippen LogP contribution in [-0.4, -0.2) is 14.2 Å². The maximum Gasteiger partial charge on any atom is 0.141 e. The van der Waals surface area contributed by atoms with Crippen LogP contribution < -0.4 is 10.1 Å². The standard InChI is InChI=1S/C14H14Br2FNOS/c1-7-4-12(20-14(7)16)13(18-2)8-5-9(15)10(17)6-11(8)19-3/h4-6,13,18H,1-3H3. The zero-order chi connectivity index (χ0) is 14.9. The molecule has 1 aromatic carbocycles. The summed E-state index contributed by atoms with van der Waals surface area (Å²) in [6, 6.07) is 5.24. The summed E-state index contributed by atoms with van der Waals surface area (Å²) in [7, 11) is 3.43. The summed E-state index contributed by atoms with van der Waals surface area (Å²) in [5, 5.41) is 3.26. The summed E-state index contributed by atoms with van der Waals surface area (Å²) in [6.45, 7) is 2.05. The fourth-order valence-electron chi connectivity index (χ4n) is 2.02. The monoisotopic (exact) mass is 421 g/mol. The Morgan fingerprint density at radius 1 is 1.30 bits per heavy atom. The molecule has 0 radical (unpaired) electrons. The van der Waals surface area contributed by atoms with Crippen LogP contribution >= 0.6 is 43.2 Å². The van der Waals surface area contributed by atoms with E-state index in [2.05, 4.69) is 50.2 Å². The zero-order valence-corrected chi connectivity index (χ0v) is 15.2. The van der Waals surface area contributed by atoms with Crippen LogP contribution in [0.4, 0.5) is 4.39 Å². The molecular weight excluding hydrogens is 409 g/mol. The highest BCUT2D eigenvalue weighted by molar-refractivity contribution is 9.11. The van der Waals surface area contributed by atoms with E-state index >= 15 is 0 Å². The van der Waals surface area contributed by atoms with Crippen LogP contribution in [0.1, 0.15) is 22.0 Å². The lowest BCUT2D eigenvalue weighted by atomic mass is 10.0. The van der Waals surface area contributed by atoms with Gasteiger partial charge in [0.15, 0.2) is 0 Å². The van der Waals surface area contributed by atoms with Gasteiger partial charge in [-0.05, 0) is 63.5 Å². The van der Waals surface area contributed by atoms with E-state index in [4.69, 9.17) is 4.74 Å². The largest absolute Gasteiger partial charge is 0.496 e. The Balaban J connectivity index is 2.54. The SMILES string of the molecule is CNC(c1cc(C)c(Br)s1)c1cc(Br)c(F)cc1OC. The van der Waals surface area contributed by atoms with Gasteiger partial charge in [0.05, 0.1) is 21.4 Å². The Morgan fingerprint density at radius 2 is 2.00 bits per heavy atom. The lowest BCUT2D eigenvalue weighted by molar-refractivity contribution is 0.401. The van der Waals surface area contributed by atoms with Gasteiger partial charge < -0.3 is 10.1 Å². The van der Waals surface area contributed by atoms with Gasteiger partial charge in [-0.25, -0.2) is 4.39 Å². The first kappa shape index (κ1) is 15.9. The highest BCUT2D eigenvalue weighted by Crippen LogP contribution is 2.38. The number of halogens is 3. The van der Waals surface area contributed by atoms with Crippen molar-refractivity contribution in [1.82, 2.24) is 5.32 Å². The van der Waals surface area contributed by atoms with Crippen molar-refractivity contribution in [3.8, 4) is 5.75 Å². The second-order valence-corrected chi connectivity index (χ2v) is 7.59. The quantitative estimate of drug-likeness (QED) is 0.745. The molecule has 0 amide bonds. The fourth-order valence-corrected chi connectivity index (χ4v) is 4.08. The summed E-state index contributed by atoms with van der Waals surface area (Å²) < 4.78 is 20.5. The van der Waals surface area contributed by atoms with E-state index < -0.39 is 0 Å². The average molecular weight is 423 g/mol. The lowest BCUT2D eigenvalue weighted by Gasteiger charge is -2.19. The fraction of sp³-hybridized carbons (Fsp3) is 0.286. The summed E-state index contributed by atoms with van der Waals surface area (Å²) in [5.74, 6) is 0.205. The highest BCUT2D eigenvalue weighted by Gasteiger charge is 2.21. The van der Waals surface area contributed by atoms with Gasteiger partial charge in [-0.2, -0.15) is 0 Å². The third-order valence-corrected chi connectivity index (χ3v) is 5.84. The third kappa shape index (κ3) is 3.08. The van der Waals surface area contributed by atoms with E-state index in [1.54, 1.807) is 24.5 Å². The van der Waals surface area contributed by atoms with Crippen LogP contribution in [-0.2, 0) is 0 Å². The second-order valence-electron chi connectivity index (χ2n) is 4.34.